The Hall–Kier alpha value is -1.19. The molecule has 2 aromatic rings. The molecule has 2 nitrogen and oxygen atoms in total. The summed E-state index contributed by atoms with van der Waals surface area (Å²) in [6.07, 6.45) is 2.40. The normalized spacial score (nSPS) is 10.3. The van der Waals surface area contributed by atoms with Crippen LogP contribution in [-0.4, -0.2) is 6.29 Å². The molecule has 0 radical (unpaired) electrons. The van der Waals surface area contributed by atoms with E-state index in [0.717, 1.165) is 22.7 Å². The van der Waals surface area contributed by atoms with Gasteiger partial charge in [0.15, 0.2) is 6.29 Å². The Morgan fingerprint density at radius 1 is 1.38 bits per heavy atom. The lowest BCUT2D eigenvalue weighted by Gasteiger charge is -2.01. The Morgan fingerprint density at radius 2 is 2.25 bits per heavy atom. The highest BCUT2D eigenvalue weighted by molar-refractivity contribution is 7.98. The van der Waals surface area contributed by atoms with E-state index in [1.807, 2.05) is 18.2 Å². The van der Waals surface area contributed by atoms with Crippen molar-refractivity contribution in [3.05, 3.63) is 52.9 Å². The molecule has 4 heteroatoms. The molecule has 82 valence electrons. The second kappa shape index (κ2) is 5.23. The van der Waals surface area contributed by atoms with Crippen LogP contribution in [-0.2, 0) is 5.75 Å². The highest BCUT2D eigenvalue weighted by atomic mass is 35.5. The van der Waals surface area contributed by atoms with Crippen molar-refractivity contribution < 1.29 is 9.21 Å². The first-order valence-corrected chi connectivity index (χ1v) is 6.06. The molecule has 1 heterocycles. The summed E-state index contributed by atoms with van der Waals surface area (Å²) in [5.74, 6) is 1.67. The highest BCUT2D eigenvalue weighted by Crippen LogP contribution is 2.26. The second-order valence-corrected chi connectivity index (χ2v) is 4.63. The molecule has 0 spiro atoms. The molecule has 0 saturated heterocycles. The molecule has 0 saturated carbocycles. The SMILES string of the molecule is O=Cc1ccc(SCc2ccco2)cc1Cl. The molecule has 1 aromatic heterocycles. The van der Waals surface area contributed by atoms with Crippen LogP contribution in [0, 0.1) is 0 Å². The van der Waals surface area contributed by atoms with E-state index in [4.69, 9.17) is 16.0 Å². The van der Waals surface area contributed by atoms with Gasteiger partial charge in [-0.15, -0.1) is 11.8 Å². The van der Waals surface area contributed by atoms with E-state index in [2.05, 4.69) is 0 Å². The third-order valence-corrected chi connectivity index (χ3v) is 3.40. The first-order valence-electron chi connectivity index (χ1n) is 4.69. The summed E-state index contributed by atoms with van der Waals surface area (Å²) in [4.78, 5) is 11.6. The van der Waals surface area contributed by atoms with E-state index in [1.54, 1.807) is 30.2 Å². The van der Waals surface area contributed by atoms with Crippen molar-refractivity contribution in [3.8, 4) is 0 Å². The van der Waals surface area contributed by atoms with Gasteiger partial charge < -0.3 is 4.42 Å². The van der Waals surface area contributed by atoms with Gasteiger partial charge in [0.25, 0.3) is 0 Å². The zero-order valence-corrected chi connectivity index (χ0v) is 9.92. The summed E-state index contributed by atoms with van der Waals surface area (Å²) in [5, 5.41) is 0.486. The van der Waals surface area contributed by atoms with Crippen LogP contribution in [0.1, 0.15) is 16.1 Å². The summed E-state index contributed by atoms with van der Waals surface area (Å²) in [5.41, 5.74) is 0.518. The number of hydrogen-bond donors (Lipinski definition) is 0. The topological polar surface area (TPSA) is 30.2 Å². The number of carbonyl (C=O) groups excluding carboxylic acids is 1. The van der Waals surface area contributed by atoms with Gasteiger partial charge >= 0.3 is 0 Å². The van der Waals surface area contributed by atoms with Crippen LogP contribution < -0.4 is 0 Å². The maximum Gasteiger partial charge on any atom is 0.151 e. The average molecular weight is 253 g/mol. The van der Waals surface area contributed by atoms with E-state index in [-0.39, 0.29) is 0 Å². The molecule has 0 aliphatic carbocycles. The van der Waals surface area contributed by atoms with Crippen molar-refractivity contribution in [2.75, 3.05) is 0 Å². The average Bonchev–Trinajstić information content (AvgIpc) is 2.79. The Bertz CT molecular complexity index is 480. The minimum absolute atomic E-state index is 0.486. The van der Waals surface area contributed by atoms with Gasteiger partial charge in [-0.1, -0.05) is 11.6 Å². The molecule has 1 aromatic carbocycles. The van der Waals surface area contributed by atoms with Crippen LogP contribution >= 0.6 is 23.4 Å². The van der Waals surface area contributed by atoms with Crippen LogP contribution in [0.15, 0.2) is 45.9 Å². The number of aldehydes is 1. The van der Waals surface area contributed by atoms with Crippen LogP contribution in [0.2, 0.25) is 5.02 Å². The molecule has 0 atom stereocenters. The number of hydrogen-bond acceptors (Lipinski definition) is 3. The molecule has 0 aliphatic rings. The van der Waals surface area contributed by atoms with Crippen LogP contribution in [0.4, 0.5) is 0 Å². The fraction of sp³-hybridized carbons (Fsp3) is 0.0833. The van der Waals surface area contributed by atoms with Gasteiger partial charge in [-0.25, -0.2) is 0 Å². The van der Waals surface area contributed by atoms with Crippen LogP contribution in [0.3, 0.4) is 0 Å². The lowest BCUT2D eigenvalue weighted by molar-refractivity contribution is 0.112. The zero-order chi connectivity index (χ0) is 11.4. The van der Waals surface area contributed by atoms with Crippen molar-refractivity contribution in [1.29, 1.82) is 0 Å². The standard InChI is InChI=1S/C12H9ClO2S/c13-12-6-11(4-3-9(12)7-14)16-8-10-2-1-5-15-10/h1-7H,8H2. The highest BCUT2D eigenvalue weighted by Gasteiger charge is 2.02. The molecule has 0 fully saturated rings. The second-order valence-electron chi connectivity index (χ2n) is 3.17. The quantitative estimate of drug-likeness (QED) is 0.608. The van der Waals surface area contributed by atoms with E-state index in [9.17, 15) is 4.79 Å². The molecular formula is C12H9ClO2S. The summed E-state index contributed by atoms with van der Waals surface area (Å²) in [7, 11) is 0. The predicted octanol–water partition coefficient (Wildman–Crippen LogP) is 4.04. The van der Waals surface area contributed by atoms with Gasteiger partial charge in [0.2, 0.25) is 0 Å². The summed E-state index contributed by atoms with van der Waals surface area (Å²) in [6.45, 7) is 0. The summed E-state index contributed by atoms with van der Waals surface area (Å²) < 4.78 is 5.22. The lowest BCUT2D eigenvalue weighted by atomic mass is 10.2. The van der Waals surface area contributed by atoms with Crippen molar-refractivity contribution in [3.63, 3.8) is 0 Å². The molecule has 16 heavy (non-hydrogen) atoms. The fourth-order valence-electron chi connectivity index (χ4n) is 1.24. The molecule has 2 rings (SSSR count). The van der Waals surface area contributed by atoms with Gasteiger partial charge in [-0.2, -0.15) is 0 Å². The van der Waals surface area contributed by atoms with E-state index in [0.29, 0.717) is 10.6 Å². The molecule has 0 bridgehead atoms. The number of furan rings is 1. The number of rotatable bonds is 4. The van der Waals surface area contributed by atoms with Crippen LogP contribution in [0.5, 0.6) is 0 Å². The van der Waals surface area contributed by atoms with Crippen molar-refractivity contribution in [2.45, 2.75) is 10.6 Å². The summed E-state index contributed by atoms with van der Waals surface area (Å²) in [6, 6.07) is 9.18. The molecular weight excluding hydrogens is 244 g/mol. The predicted molar refractivity (Wildman–Crippen MR) is 65.1 cm³/mol. The maximum atomic E-state index is 10.6. The zero-order valence-electron chi connectivity index (χ0n) is 8.35. The largest absolute Gasteiger partial charge is 0.468 e. The molecule has 0 aliphatic heterocycles. The maximum absolute atomic E-state index is 10.6. The minimum Gasteiger partial charge on any atom is -0.468 e. The van der Waals surface area contributed by atoms with Gasteiger partial charge in [0.1, 0.15) is 5.76 Å². The van der Waals surface area contributed by atoms with E-state index in [1.165, 1.54) is 0 Å². The van der Waals surface area contributed by atoms with Crippen molar-refractivity contribution >= 4 is 29.6 Å². The molecule has 0 unspecified atom stereocenters. The van der Waals surface area contributed by atoms with Gasteiger partial charge in [-0.05, 0) is 30.3 Å². The van der Waals surface area contributed by atoms with Gasteiger partial charge in [0.05, 0.1) is 17.0 Å². The van der Waals surface area contributed by atoms with Gasteiger partial charge in [0, 0.05) is 10.5 Å². The number of halogens is 1. The first-order chi connectivity index (χ1) is 7.79. The molecule has 0 N–H and O–H groups in total. The minimum atomic E-state index is 0.486. The Balaban J connectivity index is 2.05. The third-order valence-electron chi connectivity index (χ3n) is 2.06. The number of benzene rings is 1. The Morgan fingerprint density at radius 3 is 2.88 bits per heavy atom. The first kappa shape index (κ1) is 11.3. The van der Waals surface area contributed by atoms with E-state index >= 15 is 0 Å². The Labute approximate surface area is 103 Å². The number of thioether (sulfide) groups is 1. The smallest absolute Gasteiger partial charge is 0.151 e. The Kier molecular flexibility index (Phi) is 3.70. The monoisotopic (exact) mass is 252 g/mol. The van der Waals surface area contributed by atoms with E-state index < -0.39 is 0 Å². The van der Waals surface area contributed by atoms with Crippen molar-refractivity contribution in [2.24, 2.45) is 0 Å². The fourth-order valence-corrected chi connectivity index (χ4v) is 2.37. The third kappa shape index (κ3) is 2.68. The summed E-state index contributed by atoms with van der Waals surface area (Å²) >= 11 is 7.54. The van der Waals surface area contributed by atoms with Gasteiger partial charge in [-0.3, -0.25) is 4.79 Å². The lowest BCUT2D eigenvalue weighted by Crippen LogP contribution is -1.83. The van der Waals surface area contributed by atoms with Crippen molar-refractivity contribution in [1.82, 2.24) is 0 Å². The molecule has 0 amide bonds. The van der Waals surface area contributed by atoms with Crippen LogP contribution in [0.25, 0.3) is 0 Å². The number of carbonyl (C=O) groups is 1.